The van der Waals surface area contributed by atoms with E-state index in [0.29, 0.717) is 32.1 Å². The van der Waals surface area contributed by atoms with Crippen LogP contribution in [0.5, 0.6) is 0 Å². The zero-order valence-corrected chi connectivity index (χ0v) is 15.8. The SMILES string of the molecule is O=C(CSCc1cnn(-c2ccccc2)c1-n1cccc1)N1CCOCC1. The molecule has 0 radical (unpaired) electrons. The number of carbonyl (C=O) groups excluding carboxylic acids is 1. The topological polar surface area (TPSA) is 52.3 Å². The molecule has 4 rings (SSSR count). The number of hydrogen-bond acceptors (Lipinski definition) is 4. The van der Waals surface area contributed by atoms with Gasteiger partial charge >= 0.3 is 0 Å². The van der Waals surface area contributed by atoms with Crippen molar-refractivity contribution in [1.82, 2.24) is 19.2 Å². The fourth-order valence-electron chi connectivity index (χ4n) is 3.14. The lowest BCUT2D eigenvalue weighted by atomic mass is 10.3. The molecule has 3 aromatic rings. The fourth-order valence-corrected chi connectivity index (χ4v) is 4.02. The molecule has 1 amide bonds. The molecule has 7 heteroatoms. The zero-order chi connectivity index (χ0) is 18.5. The van der Waals surface area contributed by atoms with Crippen LogP contribution in [0.4, 0.5) is 0 Å². The fraction of sp³-hybridized carbons (Fsp3) is 0.300. The second-order valence-corrected chi connectivity index (χ2v) is 7.30. The Kier molecular flexibility index (Phi) is 5.60. The zero-order valence-electron chi connectivity index (χ0n) is 15.0. The summed E-state index contributed by atoms with van der Waals surface area (Å²) >= 11 is 1.63. The highest BCUT2D eigenvalue weighted by Crippen LogP contribution is 2.23. The number of hydrogen-bond donors (Lipinski definition) is 0. The maximum absolute atomic E-state index is 12.4. The minimum absolute atomic E-state index is 0.182. The van der Waals surface area contributed by atoms with E-state index in [0.717, 1.165) is 22.8 Å². The normalized spacial score (nSPS) is 14.4. The lowest BCUT2D eigenvalue weighted by Crippen LogP contribution is -2.41. The molecule has 2 aromatic heterocycles. The maximum Gasteiger partial charge on any atom is 0.232 e. The number of aromatic nitrogens is 3. The summed E-state index contributed by atoms with van der Waals surface area (Å²) in [6.07, 6.45) is 5.93. The first-order valence-corrected chi connectivity index (χ1v) is 10.2. The van der Waals surface area contributed by atoms with Gasteiger partial charge in [0.1, 0.15) is 5.82 Å². The molecule has 0 spiro atoms. The highest BCUT2D eigenvalue weighted by molar-refractivity contribution is 7.99. The average molecular weight is 382 g/mol. The van der Waals surface area contributed by atoms with Crippen molar-refractivity contribution in [3.63, 3.8) is 0 Å². The van der Waals surface area contributed by atoms with Gasteiger partial charge in [0.2, 0.25) is 5.91 Å². The first-order valence-electron chi connectivity index (χ1n) is 9.02. The number of ether oxygens (including phenoxy) is 1. The Labute approximate surface area is 162 Å². The van der Waals surface area contributed by atoms with Crippen molar-refractivity contribution >= 4 is 17.7 Å². The van der Waals surface area contributed by atoms with Gasteiger partial charge in [0, 0.05) is 36.8 Å². The molecule has 0 bridgehead atoms. The van der Waals surface area contributed by atoms with E-state index in [-0.39, 0.29) is 5.91 Å². The lowest BCUT2D eigenvalue weighted by molar-refractivity contribution is -0.132. The van der Waals surface area contributed by atoms with Gasteiger partial charge in [-0.1, -0.05) is 18.2 Å². The smallest absolute Gasteiger partial charge is 0.232 e. The molecular formula is C20H22N4O2S. The minimum Gasteiger partial charge on any atom is -0.378 e. The quantitative estimate of drug-likeness (QED) is 0.658. The largest absolute Gasteiger partial charge is 0.378 e. The van der Waals surface area contributed by atoms with E-state index in [4.69, 9.17) is 4.74 Å². The number of carbonyl (C=O) groups is 1. The van der Waals surface area contributed by atoms with Crippen molar-refractivity contribution in [2.24, 2.45) is 0 Å². The van der Waals surface area contributed by atoms with Crippen LogP contribution in [0.3, 0.4) is 0 Å². The molecule has 1 aliphatic heterocycles. The summed E-state index contributed by atoms with van der Waals surface area (Å²) in [6, 6.07) is 14.1. The highest BCUT2D eigenvalue weighted by Gasteiger charge is 2.18. The van der Waals surface area contributed by atoms with Crippen LogP contribution in [0.2, 0.25) is 0 Å². The molecule has 1 fully saturated rings. The molecule has 0 atom stereocenters. The number of nitrogens with zero attached hydrogens (tertiary/aromatic N) is 4. The molecule has 1 saturated heterocycles. The van der Waals surface area contributed by atoms with Crippen molar-refractivity contribution < 1.29 is 9.53 Å². The third kappa shape index (κ3) is 4.09. The molecule has 0 N–H and O–H groups in total. The van der Waals surface area contributed by atoms with Crippen molar-refractivity contribution in [3.05, 3.63) is 66.6 Å². The van der Waals surface area contributed by atoms with Crippen LogP contribution in [-0.4, -0.2) is 57.2 Å². The van der Waals surface area contributed by atoms with Crippen LogP contribution < -0.4 is 0 Å². The van der Waals surface area contributed by atoms with Gasteiger partial charge in [0.05, 0.1) is 30.9 Å². The molecule has 1 aromatic carbocycles. The van der Waals surface area contributed by atoms with Crippen molar-refractivity contribution in [1.29, 1.82) is 0 Å². The van der Waals surface area contributed by atoms with Crippen LogP contribution >= 0.6 is 11.8 Å². The number of para-hydroxylation sites is 1. The molecule has 1 aliphatic rings. The Morgan fingerprint density at radius 3 is 2.56 bits per heavy atom. The van der Waals surface area contributed by atoms with Crippen molar-refractivity contribution in [2.45, 2.75) is 5.75 Å². The molecule has 0 saturated carbocycles. The van der Waals surface area contributed by atoms with Gasteiger partial charge in [-0.15, -0.1) is 11.8 Å². The molecule has 27 heavy (non-hydrogen) atoms. The van der Waals surface area contributed by atoms with Crippen molar-refractivity contribution in [3.8, 4) is 11.5 Å². The maximum atomic E-state index is 12.4. The summed E-state index contributed by atoms with van der Waals surface area (Å²) in [7, 11) is 0. The molecule has 3 heterocycles. The number of benzene rings is 1. The molecule has 0 aliphatic carbocycles. The van der Waals surface area contributed by atoms with Crippen LogP contribution in [0.15, 0.2) is 61.1 Å². The second kappa shape index (κ2) is 8.45. The van der Waals surface area contributed by atoms with E-state index in [9.17, 15) is 4.79 Å². The van der Waals surface area contributed by atoms with E-state index in [1.54, 1.807) is 11.8 Å². The van der Waals surface area contributed by atoms with Crippen LogP contribution in [-0.2, 0) is 15.3 Å². The Morgan fingerprint density at radius 2 is 1.81 bits per heavy atom. The lowest BCUT2D eigenvalue weighted by Gasteiger charge is -2.26. The number of rotatable bonds is 6. The van der Waals surface area contributed by atoms with E-state index >= 15 is 0 Å². The third-order valence-electron chi connectivity index (χ3n) is 4.51. The predicted octanol–water partition coefficient (Wildman–Crippen LogP) is 2.76. The van der Waals surface area contributed by atoms with Gasteiger partial charge in [0.25, 0.3) is 0 Å². The van der Waals surface area contributed by atoms with Gasteiger partial charge in [-0.05, 0) is 24.3 Å². The second-order valence-electron chi connectivity index (χ2n) is 6.32. The molecule has 6 nitrogen and oxygen atoms in total. The number of thioether (sulfide) groups is 1. The van der Waals surface area contributed by atoms with Crippen LogP contribution in [0.25, 0.3) is 11.5 Å². The highest BCUT2D eigenvalue weighted by atomic mass is 32.2. The van der Waals surface area contributed by atoms with E-state index in [2.05, 4.69) is 9.67 Å². The van der Waals surface area contributed by atoms with Crippen LogP contribution in [0, 0.1) is 0 Å². The standard InChI is InChI=1S/C20H22N4O2S/c25-19(22-10-12-26-13-11-22)16-27-15-17-14-21-24(18-6-2-1-3-7-18)20(17)23-8-4-5-9-23/h1-9,14H,10-13,15-16H2. The molecule has 140 valence electrons. The van der Waals surface area contributed by atoms with Gasteiger partial charge < -0.3 is 14.2 Å². The van der Waals surface area contributed by atoms with Crippen LogP contribution in [0.1, 0.15) is 5.56 Å². The average Bonchev–Trinajstić information content (AvgIpc) is 3.39. The molecular weight excluding hydrogens is 360 g/mol. The minimum atomic E-state index is 0.182. The predicted molar refractivity (Wildman–Crippen MR) is 106 cm³/mol. The van der Waals surface area contributed by atoms with Gasteiger partial charge in [-0.25, -0.2) is 4.68 Å². The summed E-state index contributed by atoms with van der Waals surface area (Å²) in [4.78, 5) is 14.2. The van der Waals surface area contributed by atoms with Gasteiger partial charge in [-0.3, -0.25) is 4.79 Å². The first kappa shape index (κ1) is 17.9. The third-order valence-corrected chi connectivity index (χ3v) is 5.48. The Bertz CT molecular complexity index is 871. The summed E-state index contributed by atoms with van der Waals surface area (Å²) in [5.74, 6) is 2.40. The van der Waals surface area contributed by atoms with E-state index in [1.807, 2.05) is 70.6 Å². The number of amides is 1. The Hall–Kier alpha value is -2.51. The monoisotopic (exact) mass is 382 g/mol. The Morgan fingerprint density at radius 1 is 1.07 bits per heavy atom. The number of morpholine rings is 1. The summed E-state index contributed by atoms with van der Waals surface area (Å²) in [5, 5.41) is 4.60. The first-order chi connectivity index (χ1) is 13.3. The van der Waals surface area contributed by atoms with Gasteiger partial charge in [-0.2, -0.15) is 5.10 Å². The Balaban J connectivity index is 1.49. The van der Waals surface area contributed by atoms with E-state index < -0.39 is 0 Å². The van der Waals surface area contributed by atoms with Gasteiger partial charge in [0.15, 0.2) is 0 Å². The van der Waals surface area contributed by atoms with E-state index in [1.165, 1.54) is 0 Å². The molecule has 0 unspecified atom stereocenters. The summed E-state index contributed by atoms with van der Waals surface area (Å²) < 4.78 is 9.32. The summed E-state index contributed by atoms with van der Waals surface area (Å²) in [5.41, 5.74) is 2.12. The summed E-state index contributed by atoms with van der Waals surface area (Å²) in [6.45, 7) is 2.66. The van der Waals surface area contributed by atoms with Crippen molar-refractivity contribution in [2.75, 3.05) is 32.1 Å².